The van der Waals surface area contributed by atoms with Crippen molar-refractivity contribution in [2.24, 2.45) is 0 Å². The van der Waals surface area contributed by atoms with E-state index in [4.69, 9.17) is 10.00 Å². The first-order chi connectivity index (χ1) is 9.62. The van der Waals surface area contributed by atoms with E-state index < -0.39 is 0 Å². The normalized spacial score (nSPS) is 11.2. The number of rotatable bonds is 6. The molecule has 2 rings (SSSR count). The van der Waals surface area contributed by atoms with Crippen LogP contribution in [0.2, 0.25) is 0 Å². The third-order valence-corrected chi connectivity index (χ3v) is 3.00. The summed E-state index contributed by atoms with van der Waals surface area (Å²) in [5.74, 6) is 1.34. The topological polar surface area (TPSA) is 74.6 Å². The van der Waals surface area contributed by atoms with Gasteiger partial charge in [0.25, 0.3) is 0 Å². The zero-order chi connectivity index (χ0) is 14.4. The summed E-state index contributed by atoms with van der Waals surface area (Å²) >= 11 is 0. The van der Waals surface area contributed by atoms with Gasteiger partial charge in [-0.05, 0) is 5.56 Å². The van der Waals surface area contributed by atoms with E-state index in [1.807, 2.05) is 50.2 Å². The summed E-state index contributed by atoms with van der Waals surface area (Å²) < 4.78 is 5.76. The quantitative estimate of drug-likeness (QED) is 0.874. The smallest absolute Gasteiger partial charge is 0.144 e. The first-order valence-corrected chi connectivity index (χ1v) is 6.52. The molecular weight excluding hydrogens is 252 g/mol. The van der Waals surface area contributed by atoms with Crippen molar-refractivity contribution in [2.45, 2.75) is 32.3 Å². The number of H-pyrrole nitrogens is 1. The third-order valence-electron chi connectivity index (χ3n) is 3.00. The van der Waals surface area contributed by atoms with Gasteiger partial charge in [-0.2, -0.15) is 5.26 Å². The highest BCUT2D eigenvalue weighted by Crippen LogP contribution is 2.20. The van der Waals surface area contributed by atoms with E-state index in [2.05, 4.69) is 15.2 Å². The lowest BCUT2D eigenvalue weighted by Gasteiger charge is -2.21. The van der Waals surface area contributed by atoms with E-state index in [9.17, 15) is 0 Å². The first-order valence-electron chi connectivity index (χ1n) is 6.52. The van der Waals surface area contributed by atoms with Crippen molar-refractivity contribution in [2.75, 3.05) is 6.61 Å². The highest BCUT2D eigenvalue weighted by molar-refractivity contribution is 5.13. The van der Waals surface area contributed by atoms with Crippen LogP contribution in [0.25, 0.3) is 0 Å². The van der Waals surface area contributed by atoms with Gasteiger partial charge in [-0.15, -0.1) is 10.2 Å². The molecule has 5 nitrogen and oxygen atoms in total. The van der Waals surface area contributed by atoms with Crippen LogP contribution < -0.4 is 0 Å². The molecule has 0 radical (unpaired) electrons. The average molecular weight is 270 g/mol. The first kappa shape index (κ1) is 14.2. The van der Waals surface area contributed by atoms with Crippen LogP contribution in [-0.2, 0) is 23.2 Å². The highest BCUT2D eigenvalue weighted by Gasteiger charge is 2.25. The van der Waals surface area contributed by atoms with Crippen molar-refractivity contribution >= 4 is 0 Å². The summed E-state index contributed by atoms with van der Waals surface area (Å²) in [6.07, 6.45) is 0.244. The van der Waals surface area contributed by atoms with Crippen LogP contribution in [0, 0.1) is 11.3 Å². The fourth-order valence-corrected chi connectivity index (χ4v) is 1.82. The maximum atomic E-state index is 8.64. The van der Waals surface area contributed by atoms with Crippen LogP contribution in [0.15, 0.2) is 30.3 Å². The summed E-state index contributed by atoms with van der Waals surface area (Å²) in [5, 5.41) is 16.7. The summed E-state index contributed by atoms with van der Waals surface area (Å²) in [6.45, 7) is 5.18. The molecule has 0 bridgehead atoms. The molecule has 5 heteroatoms. The average Bonchev–Trinajstić information content (AvgIpc) is 2.90. The fourth-order valence-electron chi connectivity index (χ4n) is 1.82. The van der Waals surface area contributed by atoms with Gasteiger partial charge in [-0.3, -0.25) is 0 Å². The fraction of sp³-hybridized carbons (Fsp3) is 0.400. The molecule has 104 valence electrons. The second-order valence-corrected chi connectivity index (χ2v) is 5.32. The Labute approximate surface area is 118 Å². The Morgan fingerprint density at radius 1 is 1.25 bits per heavy atom. The molecule has 0 fully saturated rings. The molecule has 0 saturated heterocycles. The Kier molecular flexibility index (Phi) is 4.49. The van der Waals surface area contributed by atoms with Crippen LogP contribution in [0.1, 0.15) is 31.1 Å². The molecule has 0 spiro atoms. The molecule has 0 saturated carbocycles. The Morgan fingerprint density at radius 2 is 2.00 bits per heavy atom. The summed E-state index contributed by atoms with van der Waals surface area (Å²) in [4.78, 5) is 3.08. The van der Waals surface area contributed by atoms with Crippen molar-refractivity contribution < 1.29 is 4.74 Å². The molecule has 2 aromatic rings. The molecule has 0 unspecified atom stereocenters. The number of nitrogens with zero attached hydrogens (tertiary/aromatic N) is 3. The Morgan fingerprint density at radius 3 is 2.70 bits per heavy atom. The van der Waals surface area contributed by atoms with E-state index in [1.54, 1.807) is 0 Å². The number of aromatic nitrogens is 3. The molecule has 1 heterocycles. The van der Waals surface area contributed by atoms with Gasteiger partial charge in [0.1, 0.15) is 11.6 Å². The molecule has 1 N–H and O–H groups in total. The van der Waals surface area contributed by atoms with Gasteiger partial charge in [0.05, 0.1) is 25.7 Å². The van der Waals surface area contributed by atoms with Crippen molar-refractivity contribution in [1.82, 2.24) is 15.2 Å². The molecule has 0 aliphatic carbocycles. The van der Waals surface area contributed by atoms with Crippen LogP contribution in [0.3, 0.4) is 0 Å². The number of nitrogens with one attached hydrogen (secondary N) is 1. The number of ether oxygens (including phenoxy) is 1. The maximum absolute atomic E-state index is 8.64. The van der Waals surface area contributed by atoms with Crippen LogP contribution in [-0.4, -0.2) is 21.8 Å². The maximum Gasteiger partial charge on any atom is 0.144 e. The predicted octanol–water partition coefficient (Wildman–Crippen LogP) is 2.37. The minimum absolute atomic E-state index is 0.244. The minimum atomic E-state index is -0.268. The molecule has 20 heavy (non-hydrogen) atoms. The zero-order valence-electron chi connectivity index (χ0n) is 11.8. The van der Waals surface area contributed by atoms with Crippen LogP contribution in [0.4, 0.5) is 0 Å². The van der Waals surface area contributed by atoms with Crippen molar-refractivity contribution in [1.29, 1.82) is 5.26 Å². The van der Waals surface area contributed by atoms with E-state index in [1.165, 1.54) is 0 Å². The number of hydrogen-bond donors (Lipinski definition) is 1. The highest BCUT2D eigenvalue weighted by atomic mass is 16.5. The zero-order valence-corrected chi connectivity index (χ0v) is 11.8. The lowest BCUT2D eigenvalue weighted by molar-refractivity contribution is 0.0797. The molecule has 1 aromatic heterocycles. The monoisotopic (exact) mass is 270 g/mol. The van der Waals surface area contributed by atoms with Crippen LogP contribution >= 0.6 is 0 Å². The molecule has 1 aromatic carbocycles. The number of nitriles is 1. The van der Waals surface area contributed by atoms with Gasteiger partial charge in [0.15, 0.2) is 0 Å². The lowest BCUT2D eigenvalue weighted by Crippen LogP contribution is -2.26. The number of benzene rings is 1. The third kappa shape index (κ3) is 3.65. The summed E-state index contributed by atoms with van der Waals surface area (Å²) in [6, 6.07) is 12.1. The Hall–Kier alpha value is -2.19. The SMILES string of the molecule is CC(C)(COCc1ccccc1)c1nnc(CC#N)[nH]1. The van der Waals surface area contributed by atoms with Gasteiger partial charge < -0.3 is 9.72 Å². The predicted molar refractivity (Wildman–Crippen MR) is 74.8 cm³/mol. The summed E-state index contributed by atoms with van der Waals surface area (Å²) in [7, 11) is 0. The van der Waals surface area contributed by atoms with Crippen LogP contribution in [0.5, 0.6) is 0 Å². The van der Waals surface area contributed by atoms with Crippen molar-refractivity contribution in [3.8, 4) is 6.07 Å². The summed E-state index contributed by atoms with van der Waals surface area (Å²) in [5.41, 5.74) is 0.876. The lowest BCUT2D eigenvalue weighted by atomic mass is 9.94. The molecule has 0 atom stereocenters. The number of hydrogen-bond acceptors (Lipinski definition) is 4. The largest absolute Gasteiger partial charge is 0.376 e. The standard InChI is InChI=1S/C15H18N4O/c1-15(2,14-17-13(8-9-16)18-19-14)11-20-10-12-6-4-3-5-7-12/h3-7H,8,10-11H2,1-2H3,(H,17,18,19). The second-order valence-electron chi connectivity index (χ2n) is 5.32. The second kappa shape index (κ2) is 6.31. The molecule has 0 aliphatic heterocycles. The Bertz CT molecular complexity index is 583. The Balaban J connectivity index is 1.91. The molecular formula is C15H18N4O. The minimum Gasteiger partial charge on any atom is -0.376 e. The van der Waals surface area contributed by atoms with Gasteiger partial charge in [0.2, 0.25) is 0 Å². The van der Waals surface area contributed by atoms with E-state index in [-0.39, 0.29) is 11.8 Å². The van der Waals surface area contributed by atoms with E-state index in [0.717, 1.165) is 11.4 Å². The van der Waals surface area contributed by atoms with E-state index in [0.29, 0.717) is 19.0 Å². The van der Waals surface area contributed by atoms with Gasteiger partial charge in [0, 0.05) is 5.41 Å². The molecule has 0 amide bonds. The van der Waals surface area contributed by atoms with Gasteiger partial charge in [-0.1, -0.05) is 44.2 Å². The molecule has 0 aliphatic rings. The van der Waals surface area contributed by atoms with Gasteiger partial charge in [-0.25, -0.2) is 0 Å². The van der Waals surface area contributed by atoms with Gasteiger partial charge >= 0.3 is 0 Å². The number of aromatic amines is 1. The van der Waals surface area contributed by atoms with Crippen molar-refractivity contribution in [3.05, 3.63) is 47.5 Å². The van der Waals surface area contributed by atoms with Crippen molar-refractivity contribution in [3.63, 3.8) is 0 Å². The van der Waals surface area contributed by atoms with E-state index >= 15 is 0 Å².